The first kappa shape index (κ1) is 22.8. The first-order chi connectivity index (χ1) is 15.5. The smallest absolute Gasteiger partial charge is 0.407 e. The van der Waals surface area contributed by atoms with Gasteiger partial charge in [0.15, 0.2) is 0 Å². The number of hydrogen-bond donors (Lipinski definition) is 2. The lowest BCUT2D eigenvalue weighted by Gasteiger charge is -2.25. The number of ether oxygens (including phenoxy) is 1. The lowest BCUT2D eigenvalue weighted by molar-refractivity contribution is -0.142. The van der Waals surface area contributed by atoms with Crippen LogP contribution in [-0.4, -0.2) is 53.7 Å². The third-order valence-electron chi connectivity index (χ3n) is 5.50. The standard InChI is InChI=1S/C24H25N3O5/c1-2-27(13-7-12-25)23(30)21(14-22(28)29)26-24(31)32-15-20-18-10-5-3-8-16(18)17-9-4-6-11-19(17)20/h3-6,8-11,20-21H,2,7,13-15H2,1H3,(H,26,31)(H,28,29). The minimum absolute atomic E-state index is 0.0553. The molecule has 1 unspecified atom stereocenters. The Bertz CT molecular complexity index is 1000. The van der Waals surface area contributed by atoms with Gasteiger partial charge >= 0.3 is 12.1 Å². The van der Waals surface area contributed by atoms with Gasteiger partial charge in [0.1, 0.15) is 12.6 Å². The SMILES string of the molecule is CCN(CCC#N)C(=O)C(CC(=O)O)NC(=O)OCC1c2ccccc2-c2ccccc21. The lowest BCUT2D eigenvalue weighted by atomic mass is 9.98. The number of carboxylic acid groups (broad SMARTS) is 1. The van der Waals surface area contributed by atoms with Gasteiger partial charge in [-0.1, -0.05) is 48.5 Å². The molecule has 166 valence electrons. The summed E-state index contributed by atoms with van der Waals surface area (Å²) >= 11 is 0. The number of hydrogen-bond acceptors (Lipinski definition) is 5. The van der Waals surface area contributed by atoms with Gasteiger partial charge in [-0.3, -0.25) is 9.59 Å². The number of aliphatic carboxylic acids is 1. The molecule has 2 N–H and O–H groups in total. The molecule has 0 heterocycles. The third kappa shape index (κ3) is 5.06. The first-order valence-corrected chi connectivity index (χ1v) is 10.4. The summed E-state index contributed by atoms with van der Waals surface area (Å²) in [4.78, 5) is 37.8. The number of nitriles is 1. The Morgan fingerprint density at radius 1 is 1.12 bits per heavy atom. The molecule has 0 saturated carbocycles. The van der Waals surface area contributed by atoms with Crippen LogP contribution in [0.4, 0.5) is 4.79 Å². The van der Waals surface area contributed by atoms with Gasteiger partial charge in [0.05, 0.1) is 18.9 Å². The first-order valence-electron chi connectivity index (χ1n) is 10.4. The van der Waals surface area contributed by atoms with Gasteiger partial charge in [-0.15, -0.1) is 0 Å². The fourth-order valence-electron chi connectivity index (χ4n) is 3.99. The monoisotopic (exact) mass is 435 g/mol. The van der Waals surface area contributed by atoms with Crippen LogP contribution in [0.3, 0.4) is 0 Å². The molecule has 3 rings (SSSR count). The molecule has 1 aliphatic rings. The van der Waals surface area contributed by atoms with E-state index in [9.17, 15) is 19.5 Å². The third-order valence-corrected chi connectivity index (χ3v) is 5.50. The molecule has 0 aromatic heterocycles. The lowest BCUT2D eigenvalue weighted by Crippen LogP contribution is -2.50. The van der Waals surface area contributed by atoms with E-state index in [2.05, 4.69) is 5.32 Å². The van der Waals surface area contributed by atoms with Crippen molar-refractivity contribution in [2.24, 2.45) is 0 Å². The van der Waals surface area contributed by atoms with Crippen molar-refractivity contribution in [3.8, 4) is 17.2 Å². The van der Waals surface area contributed by atoms with Crippen LogP contribution in [0.15, 0.2) is 48.5 Å². The van der Waals surface area contributed by atoms with Crippen LogP contribution in [0.5, 0.6) is 0 Å². The zero-order chi connectivity index (χ0) is 23.1. The summed E-state index contributed by atoms with van der Waals surface area (Å²) in [6.07, 6.45) is -1.32. The number of carbonyl (C=O) groups is 3. The quantitative estimate of drug-likeness (QED) is 0.624. The van der Waals surface area contributed by atoms with Crippen molar-refractivity contribution in [2.45, 2.75) is 31.7 Å². The number of likely N-dealkylation sites (N-methyl/N-ethyl adjacent to an activating group) is 1. The van der Waals surface area contributed by atoms with E-state index in [1.807, 2.05) is 54.6 Å². The summed E-state index contributed by atoms with van der Waals surface area (Å²) in [6.45, 7) is 2.23. The molecule has 0 radical (unpaired) electrons. The topological polar surface area (TPSA) is 120 Å². The van der Waals surface area contributed by atoms with Gasteiger partial charge in [0, 0.05) is 19.0 Å². The summed E-state index contributed by atoms with van der Waals surface area (Å²) in [7, 11) is 0. The molecule has 1 atom stereocenters. The average molecular weight is 435 g/mol. The number of carboxylic acids is 1. The Morgan fingerprint density at radius 3 is 2.25 bits per heavy atom. The predicted octanol–water partition coefficient (Wildman–Crippen LogP) is 3.13. The molecule has 0 spiro atoms. The van der Waals surface area contributed by atoms with Crippen molar-refractivity contribution in [1.82, 2.24) is 10.2 Å². The fraction of sp³-hybridized carbons (Fsp3) is 0.333. The second-order valence-corrected chi connectivity index (χ2v) is 7.45. The molecule has 0 bridgehead atoms. The maximum atomic E-state index is 12.7. The zero-order valence-electron chi connectivity index (χ0n) is 17.8. The maximum absolute atomic E-state index is 12.7. The van der Waals surface area contributed by atoms with E-state index in [-0.39, 0.29) is 25.5 Å². The highest BCUT2D eigenvalue weighted by molar-refractivity contribution is 5.89. The second-order valence-electron chi connectivity index (χ2n) is 7.45. The number of alkyl carbamates (subject to hydrolysis) is 1. The van der Waals surface area contributed by atoms with Crippen molar-refractivity contribution < 1.29 is 24.2 Å². The van der Waals surface area contributed by atoms with Gasteiger partial charge in [-0.25, -0.2) is 4.79 Å². The van der Waals surface area contributed by atoms with Crippen LogP contribution in [0.25, 0.3) is 11.1 Å². The highest BCUT2D eigenvalue weighted by Crippen LogP contribution is 2.44. The van der Waals surface area contributed by atoms with Crippen molar-refractivity contribution in [3.63, 3.8) is 0 Å². The van der Waals surface area contributed by atoms with Crippen molar-refractivity contribution in [2.75, 3.05) is 19.7 Å². The minimum Gasteiger partial charge on any atom is -0.481 e. The molecule has 0 fully saturated rings. The fourth-order valence-corrected chi connectivity index (χ4v) is 3.99. The van der Waals surface area contributed by atoms with Crippen LogP contribution in [-0.2, 0) is 14.3 Å². The van der Waals surface area contributed by atoms with Crippen LogP contribution in [0.2, 0.25) is 0 Å². The minimum atomic E-state index is -1.28. The Morgan fingerprint density at radius 2 is 1.72 bits per heavy atom. The molecule has 1 aliphatic carbocycles. The molecule has 0 saturated heterocycles. The van der Waals surface area contributed by atoms with E-state index < -0.39 is 30.4 Å². The zero-order valence-corrected chi connectivity index (χ0v) is 17.8. The number of rotatable bonds is 9. The number of nitrogens with zero attached hydrogens (tertiary/aromatic N) is 2. The van der Waals surface area contributed by atoms with Crippen molar-refractivity contribution in [3.05, 3.63) is 59.7 Å². The number of fused-ring (bicyclic) bond motifs is 3. The van der Waals surface area contributed by atoms with E-state index in [0.29, 0.717) is 6.54 Å². The molecule has 2 amide bonds. The number of amides is 2. The van der Waals surface area contributed by atoms with Crippen LogP contribution in [0, 0.1) is 11.3 Å². The van der Waals surface area contributed by atoms with Gasteiger partial charge in [0.25, 0.3) is 0 Å². The molecule has 8 heteroatoms. The number of benzene rings is 2. The Kier molecular flexibility index (Phi) is 7.45. The summed E-state index contributed by atoms with van der Waals surface area (Å²) in [5.74, 6) is -1.93. The molecular weight excluding hydrogens is 410 g/mol. The molecule has 2 aromatic rings. The van der Waals surface area contributed by atoms with E-state index in [1.165, 1.54) is 4.90 Å². The highest BCUT2D eigenvalue weighted by Gasteiger charge is 2.31. The van der Waals surface area contributed by atoms with E-state index in [4.69, 9.17) is 10.00 Å². The number of carbonyl (C=O) groups excluding carboxylic acids is 2. The maximum Gasteiger partial charge on any atom is 0.407 e. The molecule has 0 aliphatic heterocycles. The van der Waals surface area contributed by atoms with E-state index in [0.717, 1.165) is 22.3 Å². The molecule has 8 nitrogen and oxygen atoms in total. The molecule has 2 aromatic carbocycles. The average Bonchev–Trinajstić information content (AvgIpc) is 3.11. The molecule has 32 heavy (non-hydrogen) atoms. The van der Waals surface area contributed by atoms with Crippen LogP contribution < -0.4 is 5.32 Å². The van der Waals surface area contributed by atoms with Crippen LogP contribution >= 0.6 is 0 Å². The highest BCUT2D eigenvalue weighted by atomic mass is 16.5. The van der Waals surface area contributed by atoms with Gasteiger partial charge in [-0.2, -0.15) is 5.26 Å². The van der Waals surface area contributed by atoms with Crippen LogP contribution in [0.1, 0.15) is 36.8 Å². The summed E-state index contributed by atoms with van der Waals surface area (Å²) in [5.41, 5.74) is 4.28. The largest absolute Gasteiger partial charge is 0.481 e. The Hall–Kier alpha value is -3.86. The summed E-state index contributed by atoms with van der Waals surface area (Å²) < 4.78 is 5.43. The second kappa shape index (κ2) is 10.4. The summed E-state index contributed by atoms with van der Waals surface area (Å²) in [6, 6.07) is 16.5. The van der Waals surface area contributed by atoms with Gasteiger partial charge in [-0.05, 0) is 29.2 Å². The Balaban J connectivity index is 1.69. The van der Waals surface area contributed by atoms with E-state index >= 15 is 0 Å². The van der Waals surface area contributed by atoms with E-state index in [1.54, 1.807) is 6.92 Å². The molecular formula is C24H25N3O5. The van der Waals surface area contributed by atoms with Crippen molar-refractivity contribution in [1.29, 1.82) is 5.26 Å². The normalized spacial score (nSPS) is 12.8. The Labute approximate surface area is 186 Å². The van der Waals surface area contributed by atoms with Crippen molar-refractivity contribution >= 4 is 18.0 Å². The number of nitrogens with one attached hydrogen (secondary N) is 1. The van der Waals surface area contributed by atoms with Gasteiger partial charge in [0.2, 0.25) is 5.91 Å². The summed E-state index contributed by atoms with van der Waals surface area (Å²) in [5, 5.41) is 20.3. The van der Waals surface area contributed by atoms with Gasteiger partial charge < -0.3 is 20.1 Å². The predicted molar refractivity (Wildman–Crippen MR) is 117 cm³/mol.